The highest BCUT2D eigenvalue weighted by atomic mass is 19.4. The van der Waals surface area contributed by atoms with Crippen LogP contribution in [0.2, 0.25) is 0 Å². The van der Waals surface area contributed by atoms with Crippen LogP contribution in [0.4, 0.5) is 18.0 Å². The largest absolute Gasteiger partial charge is 0.490 e. The molecule has 1 amide bonds. The van der Waals surface area contributed by atoms with Crippen molar-refractivity contribution >= 4 is 6.09 Å². The first-order chi connectivity index (χ1) is 19.3. The van der Waals surface area contributed by atoms with Gasteiger partial charge in [-0.2, -0.15) is 13.2 Å². The molecule has 0 N–H and O–H groups in total. The normalized spacial score (nSPS) is 14.0. The van der Waals surface area contributed by atoms with Crippen molar-refractivity contribution in [3.05, 3.63) is 114 Å². The van der Waals surface area contributed by atoms with Crippen LogP contribution < -0.4 is 14.2 Å². The number of amides is 1. The number of aromatic nitrogens is 1. The zero-order valence-electron chi connectivity index (χ0n) is 21.5. The maximum atomic E-state index is 12.8. The lowest BCUT2D eigenvalue weighted by molar-refractivity contribution is -0.137. The summed E-state index contributed by atoms with van der Waals surface area (Å²) < 4.78 is 55.6. The molecule has 4 aromatic rings. The van der Waals surface area contributed by atoms with Crippen LogP contribution in [0, 0.1) is 0 Å². The fourth-order valence-corrected chi connectivity index (χ4v) is 4.35. The summed E-state index contributed by atoms with van der Waals surface area (Å²) in [4.78, 5) is 18.5. The number of halogens is 3. The number of pyridine rings is 1. The molecule has 206 valence electrons. The van der Waals surface area contributed by atoms with Gasteiger partial charge in [0.2, 0.25) is 5.88 Å². The van der Waals surface area contributed by atoms with Crippen molar-refractivity contribution in [2.24, 2.45) is 0 Å². The van der Waals surface area contributed by atoms with E-state index in [1.165, 1.54) is 12.1 Å². The maximum Gasteiger partial charge on any atom is 0.416 e. The van der Waals surface area contributed by atoms with E-state index in [0.717, 1.165) is 29.0 Å². The molecule has 1 aliphatic heterocycles. The van der Waals surface area contributed by atoms with Crippen LogP contribution in [0.25, 0.3) is 0 Å². The molecule has 6 nitrogen and oxygen atoms in total. The maximum absolute atomic E-state index is 12.8. The number of ether oxygens (including phenoxy) is 3. The summed E-state index contributed by atoms with van der Waals surface area (Å²) >= 11 is 0. The molecule has 2 heterocycles. The molecule has 40 heavy (non-hydrogen) atoms. The van der Waals surface area contributed by atoms with Crippen molar-refractivity contribution in [3.63, 3.8) is 0 Å². The second-order valence-electron chi connectivity index (χ2n) is 9.43. The molecule has 9 heteroatoms. The third kappa shape index (κ3) is 7.31. The lowest BCUT2D eigenvalue weighted by Crippen LogP contribution is -2.43. The molecule has 0 aliphatic carbocycles. The fourth-order valence-electron chi connectivity index (χ4n) is 4.35. The minimum Gasteiger partial charge on any atom is -0.490 e. The van der Waals surface area contributed by atoms with E-state index in [2.05, 4.69) is 4.98 Å². The molecule has 0 unspecified atom stereocenters. The number of alkyl halides is 3. The molecule has 0 atom stereocenters. The molecule has 5 rings (SSSR count). The van der Waals surface area contributed by atoms with Gasteiger partial charge in [-0.3, -0.25) is 0 Å². The van der Waals surface area contributed by atoms with Gasteiger partial charge in [-0.05, 0) is 72.1 Å². The van der Waals surface area contributed by atoms with Gasteiger partial charge in [-0.1, -0.05) is 30.3 Å². The summed E-state index contributed by atoms with van der Waals surface area (Å²) in [6.07, 6.45) is -1.31. The van der Waals surface area contributed by atoms with Gasteiger partial charge in [0.1, 0.15) is 23.4 Å². The number of piperidine rings is 1. The first-order valence-electron chi connectivity index (χ1n) is 12.9. The molecule has 0 spiro atoms. The zero-order valence-corrected chi connectivity index (χ0v) is 21.5. The van der Waals surface area contributed by atoms with Gasteiger partial charge in [0.05, 0.1) is 5.56 Å². The van der Waals surface area contributed by atoms with Crippen molar-refractivity contribution < 1.29 is 32.2 Å². The Hall–Kier alpha value is -4.53. The van der Waals surface area contributed by atoms with Gasteiger partial charge in [0.15, 0.2) is 0 Å². The highest BCUT2D eigenvalue weighted by molar-refractivity contribution is 5.70. The SMILES string of the molecule is O=C(Oc1ccc(Cc2ccc(C(F)(F)F)cc2)cc1)N1CCC(Oc2ccc(Oc3ccccn3)cc2)CC1. The molecule has 3 aromatic carbocycles. The summed E-state index contributed by atoms with van der Waals surface area (Å²) in [5.74, 6) is 2.32. The number of rotatable bonds is 7. The van der Waals surface area contributed by atoms with E-state index in [4.69, 9.17) is 14.2 Å². The van der Waals surface area contributed by atoms with Gasteiger partial charge >= 0.3 is 12.3 Å². The minimum atomic E-state index is -4.35. The first kappa shape index (κ1) is 27.1. The standard InChI is InChI=1S/C31H27F3N2O4/c32-31(33,34)24-8-4-22(5-9-24)21-23-6-10-27(11-7-23)40-30(37)36-19-16-28(17-20-36)38-25-12-14-26(15-13-25)39-29-3-1-2-18-35-29/h1-15,18,28H,16-17,19-21H2. The molecule has 0 saturated carbocycles. The van der Waals surface area contributed by atoms with Crippen LogP contribution in [-0.2, 0) is 12.6 Å². The lowest BCUT2D eigenvalue weighted by atomic mass is 10.0. The topological polar surface area (TPSA) is 60.9 Å². The molecule has 1 fully saturated rings. The van der Waals surface area contributed by atoms with Crippen molar-refractivity contribution in [1.29, 1.82) is 0 Å². The van der Waals surface area contributed by atoms with Gasteiger partial charge < -0.3 is 19.1 Å². The molecule has 0 radical (unpaired) electrons. The molecular formula is C31H27F3N2O4. The number of likely N-dealkylation sites (tertiary alicyclic amines) is 1. The number of hydrogen-bond donors (Lipinski definition) is 0. The Morgan fingerprint density at radius 1 is 0.800 bits per heavy atom. The van der Waals surface area contributed by atoms with Crippen LogP contribution in [0.15, 0.2) is 97.2 Å². The number of hydrogen-bond acceptors (Lipinski definition) is 5. The number of carbonyl (C=O) groups excluding carboxylic acids is 1. The Morgan fingerprint density at radius 3 is 2.00 bits per heavy atom. The van der Waals surface area contributed by atoms with E-state index < -0.39 is 17.8 Å². The monoisotopic (exact) mass is 548 g/mol. The molecular weight excluding hydrogens is 521 g/mol. The van der Waals surface area contributed by atoms with Crippen molar-refractivity contribution in [1.82, 2.24) is 9.88 Å². The predicted molar refractivity (Wildman–Crippen MR) is 143 cm³/mol. The number of carbonyl (C=O) groups is 1. The van der Waals surface area contributed by atoms with Gasteiger partial charge in [-0.25, -0.2) is 9.78 Å². The van der Waals surface area contributed by atoms with Crippen molar-refractivity contribution in [2.75, 3.05) is 13.1 Å². The predicted octanol–water partition coefficient (Wildman–Crippen LogP) is 7.53. The fraction of sp³-hybridized carbons (Fsp3) is 0.226. The zero-order chi connectivity index (χ0) is 28.0. The number of benzene rings is 3. The van der Waals surface area contributed by atoms with E-state index in [0.29, 0.717) is 49.7 Å². The van der Waals surface area contributed by atoms with E-state index in [9.17, 15) is 18.0 Å². The third-order valence-corrected chi connectivity index (χ3v) is 6.50. The van der Waals surface area contributed by atoms with E-state index in [1.54, 1.807) is 41.4 Å². The molecule has 0 bridgehead atoms. The second kappa shape index (κ2) is 12.1. The Morgan fingerprint density at radius 2 is 1.40 bits per heavy atom. The smallest absolute Gasteiger partial charge is 0.416 e. The third-order valence-electron chi connectivity index (χ3n) is 6.50. The Balaban J connectivity index is 1.06. The lowest BCUT2D eigenvalue weighted by Gasteiger charge is -2.31. The van der Waals surface area contributed by atoms with Crippen molar-refractivity contribution in [2.45, 2.75) is 31.5 Å². The minimum absolute atomic E-state index is 0.0175. The average Bonchev–Trinajstić information content (AvgIpc) is 2.96. The summed E-state index contributed by atoms with van der Waals surface area (Å²) in [6.45, 7) is 1.02. The van der Waals surface area contributed by atoms with Crippen LogP contribution in [0.1, 0.15) is 29.5 Å². The molecule has 1 aromatic heterocycles. The van der Waals surface area contributed by atoms with Crippen LogP contribution >= 0.6 is 0 Å². The Bertz CT molecular complexity index is 1390. The second-order valence-corrected chi connectivity index (χ2v) is 9.43. The Labute approximate surface area is 229 Å². The van der Waals surface area contributed by atoms with Gasteiger partial charge in [-0.15, -0.1) is 0 Å². The quantitative estimate of drug-likeness (QED) is 0.239. The van der Waals surface area contributed by atoms with E-state index >= 15 is 0 Å². The van der Waals surface area contributed by atoms with Crippen molar-refractivity contribution in [3.8, 4) is 23.1 Å². The highest BCUT2D eigenvalue weighted by Crippen LogP contribution is 2.30. The summed E-state index contributed by atoms with van der Waals surface area (Å²) in [7, 11) is 0. The highest BCUT2D eigenvalue weighted by Gasteiger charge is 2.30. The van der Waals surface area contributed by atoms with Crippen LogP contribution in [-0.4, -0.2) is 35.2 Å². The van der Waals surface area contributed by atoms with E-state index in [1.807, 2.05) is 36.4 Å². The van der Waals surface area contributed by atoms with Crippen LogP contribution in [0.3, 0.4) is 0 Å². The molecule has 1 saturated heterocycles. The summed E-state index contributed by atoms with van der Waals surface area (Å²) in [6, 6.07) is 24.9. The molecule has 1 aliphatic rings. The van der Waals surface area contributed by atoms with Gasteiger partial charge in [0, 0.05) is 38.2 Å². The summed E-state index contributed by atoms with van der Waals surface area (Å²) in [5, 5.41) is 0. The first-order valence-corrected chi connectivity index (χ1v) is 12.9. The summed E-state index contributed by atoms with van der Waals surface area (Å²) in [5.41, 5.74) is 0.987. The average molecular weight is 549 g/mol. The van der Waals surface area contributed by atoms with Gasteiger partial charge in [0.25, 0.3) is 0 Å². The van der Waals surface area contributed by atoms with Crippen LogP contribution in [0.5, 0.6) is 23.1 Å². The number of nitrogens with zero attached hydrogens (tertiary/aromatic N) is 2. The Kier molecular flexibility index (Phi) is 8.19. The van der Waals surface area contributed by atoms with E-state index in [-0.39, 0.29) is 6.10 Å².